The van der Waals surface area contributed by atoms with Crippen LogP contribution in [0.25, 0.3) is 0 Å². The molecule has 0 aliphatic carbocycles. The zero-order valence-corrected chi connectivity index (χ0v) is 14.8. The lowest BCUT2D eigenvalue weighted by molar-refractivity contribution is -0.132. The highest BCUT2D eigenvalue weighted by molar-refractivity contribution is 5.81. The molecule has 1 aliphatic rings. The highest BCUT2D eigenvalue weighted by Gasteiger charge is 2.20. The number of hydrogen-bond donors (Lipinski definition) is 2. The molecule has 22 heavy (non-hydrogen) atoms. The fourth-order valence-electron chi connectivity index (χ4n) is 2.80. The number of nitrogens with zero attached hydrogens (tertiary/aromatic N) is 2. The summed E-state index contributed by atoms with van der Waals surface area (Å²) in [7, 11) is 1.77. The maximum Gasteiger partial charge on any atom is 0.224 e. The van der Waals surface area contributed by atoms with Gasteiger partial charge in [-0.25, -0.2) is 0 Å². The molecular formula is C17H34N4O. The van der Waals surface area contributed by atoms with Crippen molar-refractivity contribution >= 4 is 11.9 Å². The van der Waals surface area contributed by atoms with E-state index in [1.165, 1.54) is 12.8 Å². The first kappa shape index (κ1) is 18.8. The van der Waals surface area contributed by atoms with Crippen LogP contribution in [0.15, 0.2) is 4.99 Å². The van der Waals surface area contributed by atoms with E-state index < -0.39 is 0 Å². The van der Waals surface area contributed by atoms with Gasteiger partial charge in [-0.2, -0.15) is 0 Å². The highest BCUT2D eigenvalue weighted by Crippen LogP contribution is 2.15. The van der Waals surface area contributed by atoms with Crippen LogP contribution in [0.1, 0.15) is 52.9 Å². The van der Waals surface area contributed by atoms with Gasteiger partial charge in [-0.15, -0.1) is 0 Å². The molecule has 0 radical (unpaired) electrons. The monoisotopic (exact) mass is 310 g/mol. The summed E-state index contributed by atoms with van der Waals surface area (Å²) in [5.41, 5.74) is 0. The highest BCUT2D eigenvalue weighted by atomic mass is 16.2. The third-order valence-corrected chi connectivity index (χ3v) is 4.12. The van der Waals surface area contributed by atoms with E-state index in [-0.39, 0.29) is 5.91 Å². The van der Waals surface area contributed by atoms with Crippen LogP contribution in [0.5, 0.6) is 0 Å². The second-order valence-electron chi connectivity index (χ2n) is 6.80. The summed E-state index contributed by atoms with van der Waals surface area (Å²) in [6, 6.07) is 0. The van der Waals surface area contributed by atoms with Crippen molar-refractivity contribution in [2.24, 2.45) is 16.8 Å². The zero-order chi connectivity index (χ0) is 16.4. The molecule has 1 saturated heterocycles. The molecule has 1 fully saturated rings. The number of piperidine rings is 1. The first-order valence-corrected chi connectivity index (χ1v) is 8.75. The Labute approximate surface area is 135 Å². The number of carbonyl (C=O) groups excluding carboxylic acids is 1. The van der Waals surface area contributed by atoms with E-state index in [4.69, 9.17) is 0 Å². The second-order valence-corrected chi connectivity index (χ2v) is 6.80. The zero-order valence-electron chi connectivity index (χ0n) is 14.8. The Morgan fingerprint density at radius 2 is 2.05 bits per heavy atom. The van der Waals surface area contributed by atoms with Crippen molar-refractivity contribution in [3.8, 4) is 0 Å². The molecule has 2 N–H and O–H groups in total. The molecule has 1 rings (SSSR count). The molecule has 1 unspecified atom stereocenters. The summed E-state index contributed by atoms with van der Waals surface area (Å²) < 4.78 is 0. The van der Waals surface area contributed by atoms with E-state index in [1.807, 2.05) is 4.90 Å². The summed E-state index contributed by atoms with van der Waals surface area (Å²) in [5, 5.41) is 6.53. The number of likely N-dealkylation sites (tertiary alicyclic amines) is 1. The van der Waals surface area contributed by atoms with Crippen molar-refractivity contribution in [3.05, 3.63) is 0 Å². The van der Waals surface area contributed by atoms with Crippen LogP contribution in [-0.4, -0.2) is 50.0 Å². The van der Waals surface area contributed by atoms with Gasteiger partial charge in [0.2, 0.25) is 5.91 Å². The molecule has 0 bridgehead atoms. The van der Waals surface area contributed by atoms with Crippen LogP contribution in [0.3, 0.4) is 0 Å². The van der Waals surface area contributed by atoms with Crippen LogP contribution in [0.4, 0.5) is 0 Å². The number of aliphatic imine (C=N–C) groups is 1. The summed E-state index contributed by atoms with van der Waals surface area (Å²) in [6.07, 6.45) is 5.28. The van der Waals surface area contributed by atoms with Gasteiger partial charge in [0.05, 0.1) is 0 Å². The van der Waals surface area contributed by atoms with E-state index in [9.17, 15) is 4.79 Å². The number of hydrogen-bond acceptors (Lipinski definition) is 2. The maximum absolute atomic E-state index is 12.2. The average molecular weight is 310 g/mol. The Hall–Kier alpha value is -1.26. The minimum atomic E-state index is 0.259. The summed E-state index contributed by atoms with van der Waals surface area (Å²) in [4.78, 5) is 18.4. The molecule has 1 aliphatic heterocycles. The number of rotatable bonds is 7. The van der Waals surface area contributed by atoms with Gasteiger partial charge in [-0.1, -0.05) is 20.8 Å². The molecule has 0 spiro atoms. The standard InChI is InChI=1S/C17H34N4O/c1-14(2)7-5-10-19-17(18-4)20-11-9-16(22)21-12-6-8-15(3)13-21/h14-15H,5-13H2,1-4H3,(H2,18,19,20). The van der Waals surface area contributed by atoms with Crippen LogP contribution >= 0.6 is 0 Å². The van der Waals surface area contributed by atoms with Gasteiger partial charge in [0.15, 0.2) is 5.96 Å². The van der Waals surface area contributed by atoms with Gasteiger partial charge in [0.25, 0.3) is 0 Å². The Kier molecular flexibility index (Phi) is 8.94. The van der Waals surface area contributed by atoms with E-state index >= 15 is 0 Å². The normalized spacial score (nSPS) is 19.4. The average Bonchev–Trinajstić information content (AvgIpc) is 2.49. The lowest BCUT2D eigenvalue weighted by Gasteiger charge is -2.31. The third kappa shape index (κ3) is 7.66. The molecular weight excluding hydrogens is 276 g/mol. The van der Waals surface area contributed by atoms with Crippen molar-refractivity contribution in [2.45, 2.75) is 52.9 Å². The molecule has 5 nitrogen and oxygen atoms in total. The van der Waals surface area contributed by atoms with Crippen molar-refractivity contribution < 1.29 is 4.79 Å². The maximum atomic E-state index is 12.2. The van der Waals surface area contributed by atoms with Crippen molar-refractivity contribution in [1.29, 1.82) is 0 Å². The molecule has 5 heteroatoms. The Morgan fingerprint density at radius 1 is 1.32 bits per heavy atom. The fraction of sp³-hybridized carbons (Fsp3) is 0.882. The number of amides is 1. The number of guanidine groups is 1. The lowest BCUT2D eigenvalue weighted by atomic mass is 10.00. The van der Waals surface area contributed by atoms with E-state index in [0.717, 1.165) is 44.4 Å². The predicted octanol–water partition coefficient (Wildman–Crippen LogP) is 2.24. The fourth-order valence-corrected chi connectivity index (χ4v) is 2.80. The molecule has 0 aromatic heterocycles. The van der Waals surface area contributed by atoms with E-state index in [0.29, 0.717) is 18.9 Å². The Morgan fingerprint density at radius 3 is 2.68 bits per heavy atom. The van der Waals surface area contributed by atoms with Gasteiger partial charge in [-0.3, -0.25) is 9.79 Å². The topological polar surface area (TPSA) is 56.7 Å². The lowest BCUT2D eigenvalue weighted by Crippen LogP contribution is -2.42. The molecule has 0 aromatic rings. The van der Waals surface area contributed by atoms with Crippen LogP contribution < -0.4 is 10.6 Å². The van der Waals surface area contributed by atoms with Crippen LogP contribution in [0, 0.1) is 11.8 Å². The summed E-state index contributed by atoms with van der Waals surface area (Å²) >= 11 is 0. The number of nitrogens with one attached hydrogen (secondary N) is 2. The smallest absolute Gasteiger partial charge is 0.224 e. The van der Waals surface area contributed by atoms with Crippen molar-refractivity contribution in [1.82, 2.24) is 15.5 Å². The quantitative estimate of drug-likeness (QED) is 0.431. The van der Waals surface area contributed by atoms with Crippen LogP contribution in [0.2, 0.25) is 0 Å². The first-order chi connectivity index (χ1) is 10.5. The third-order valence-electron chi connectivity index (χ3n) is 4.12. The van der Waals surface area contributed by atoms with Gasteiger partial charge >= 0.3 is 0 Å². The first-order valence-electron chi connectivity index (χ1n) is 8.75. The molecule has 1 amide bonds. The largest absolute Gasteiger partial charge is 0.356 e. The van der Waals surface area contributed by atoms with E-state index in [2.05, 4.69) is 36.4 Å². The van der Waals surface area contributed by atoms with Crippen molar-refractivity contribution in [2.75, 3.05) is 33.2 Å². The Balaban J connectivity index is 2.16. The van der Waals surface area contributed by atoms with Gasteiger partial charge in [-0.05, 0) is 37.5 Å². The minimum Gasteiger partial charge on any atom is -0.356 e. The van der Waals surface area contributed by atoms with Gasteiger partial charge < -0.3 is 15.5 Å². The van der Waals surface area contributed by atoms with Crippen molar-refractivity contribution in [3.63, 3.8) is 0 Å². The molecule has 1 atom stereocenters. The number of carbonyl (C=O) groups is 1. The summed E-state index contributed by atoms with van der Waals surface area (Å²) in [6.45, 7) is 10.1. The minimum absolute atomic E-state index is 0.259. The summed E-state index contributed by atoms with van der Waals surface area (Å²) in [5.74, 6) is 2.43. The molecule has 128 valence electrons. The molecule has 0 saturated carbocycles. The van der Waals surface area contributed by atoms with Crippen LogP contribution in [-0.2, 0) is 4.79 Å². The van der Waals surface area contributed by atoms with E-state index in [1.54, 1.807) is 7.05 Å². The second kappa shape index (κ2) is 10.5. The molecule has 1 heterocycles. The predicted molar refractivity (Wildman–Crippen MR) is 93.0 cm³/mol. The SMILES string of the molecule is CN=C(NCCCC(C)C)NCCC(=O)N1CCCC(C)C1. The molecule has 0 aromatic carbocycles. The van der Waals surface area contributed by atoms with Gasteiger partial charge in [0.1, 0.15) is 0 Å². The Bertz CT molecular complexity index is 355. The van der Waals surface area contributed by atoms with Gasteiger partial charge in [0, 0.05) is 39.6 Å².